The van der Waals surface area contributed by atoms with Gasteiger partial charge < -0.3 is 5.11 Å². The van der Waals surface area contributed by atoms with Gasteiger partial charge >= 0.3 is 5.97 Å². The second-order valence-electron chi connectivity index (χ2n) is 3.39. The normalized spacial score (nSPS) is 10.2. The van der Waals surface area contributed by atoms with Crippen molar-refractivity contribution in [1.82, 2.24) is 0 Å². The topological polar surface area (TPSA) is 54.4 Å². The Morgan fingerprint density at radius 1 is 1.43 bits per heavy atom. The van der Waals surface area contributed by atoms with Crippen LogP contribution in [-0.4, -0.2) is 17.4 Å². The van der Waals surface area contributed by atoms with Gasteiger partial charge in [-0.25, -0.2) is 4.79 Å². The summed E-state index contributed by atoms with van der Waals surface area (Å²) in [6.07, 6.45) is 0.696. The third-order valence-electron chi connectivity index (χ3n) is 2.07. The second kappa shape index (κ2) is 4.05. The van der Waals surface area contributed by atoms with E-state index in [2.05, 4.69) is 0 Å². The molecule has 74 valence electrons. The van der Waals surface area contributed by atoms with Gasteiger partial charge in [0.15, 0.2) is 0 Å². The van der Waals surface area contributed by atoms with Crippen molar-refractivity contribution < 1.29 is 14.7 Å². The molecule has 1 N–H and O–H groups in total. The third-order valence-corrected chi connectivity index (χ3v) is 2.07. The van der Waals surface area contributed by atoms with Gasteiger partial charge in [0.05, 0.1) is 5.56 Å². The van der Waals surface area contributed by atoms with E-state index >= 15 is 0 Å². The van der Waals surface area contributed by atoms with E-state index < -0.39 is 5.97 Å². The number of aromatic carboxylic acids is 1. The molecule has 0 saturated heterocycles. The summed E-state index contributed by atoms with van der Waals surface area (Å²) in [5.74, 6) is -0.958. The molecule has 3 heteroatoms. The van der Waals surface area contributed by atoms with Gasteiger partial charge in [-0.1, -0.05) is 26.0 Å². The van der Waals surface area contributed by atoms with Crippen LogP contribution in [0.3, 0.4) is 0 Å². The maximum Gasteiger partial charge on any atom is 0.335 e. The number of carbonyl (C=O) groups excluding carboxylic acids is 1. The Morgan fingerprint density at radius 3 is 2.50 bits per heavy atom. The molecule has 3 nitrogen and oxygen atoms in total. The smallest absolute Gasteiger partial charge is 0.335 e. The van der Waals surface area contributed by atoms with Crippen molar-refractivity contribution in [2.24, 2.45) is 0 Å². The predicted octanol–water partition coefficient (Wildman–Crippen LogP) is 2.32. The summed E-state index contributed by atoms with van der Waals surface area (Å²) in [6, 6.07) is 4.73. The third kappa shape index (κ3) is 1.82. The Bertz CT molecular complexity index is 367. The number of carboxylic acids is 1. The Balaban J connectivity index is 3.43. The van der Waals surface area contributed by atoms with E-state index in [1.165, 1.54) is 6.07 Å². The lowest BCUT2D eigenvalue weighted by Gasteiger charge is -2.11. The Hall–Kier alpha value is -1.64. The molecule has 1 rings (SSSR count). The summed E-state index contributed by atoms with van der Waals surface area (Å²) >= 11 is 0. The SMILES string of the molecule is CC(C)c1c(C=O)cccc1C(=O)O. The number of hydrogen-bond donors (Lipinski definition) is 1. The van der Waals surface area contributed by atoms with Gasteiger partial charge in [-0.3, -0.25) is 4.79 Å². The number of aldehydes is 1. The van der Waals surface area contributed by atoms with Crippen molar-refractivity contribution in [2.75, 3.05) is 0 Å². The molecule has 0 aromatic heterocycles. The fourth-order valence-corrected chi connectivity index (χ4v) is 1.52. The van der Waals surface area contributed by atoms with Crippen molar-refractivity contribution >= 4 is 12.3 Å². The molecule has 0 radical (unpaired) electrons. The first-order valence-corrected chi connectivity index (χ1v) is 4.39. The van der Waals surface area contributed by atoms with Crippen LogP contribution in [0.5, 0.6) is 0 Å². The van der Waals surface area contributed by atoms with Crippen LogP contribution in [0.15, 0.2) is 18.2 Å². The van der Waals surface area contributed by atoms with Gasteiger partial charge in [-0.05, 0) is 17.5 Å². The highest BCUT2D eigenvalue weighted by Gasteiger charge is 2.15. The van der Waals surface area contributed by atoms with E-state index in [4.69, 9.17) is 5.11 Å². The summed E-state index contributed by atoms with van der Waals surface area (Å²) in [5, 5.41) is 8.92. The minimum atomic E-state index is -0.989. The lowest BCUT2D eigenvalue weighted by molar-refractivity contribution is 0.0695. The van der Waals surface area contributed by atoms with Crippen molar-refractivity contribution in [3.8, 4) is 0 Å². The Morgan fingerprint density at radius 2 is 2.07 bits per heavy atom. The first-order valence-electron chi connectivity index (χ1n) is 4.39. The molecule has 0 aliphatic carbocycles. The molecule has 0 spiro atoms. The van der Waals surface area contributed by atoms with Gasteiger partial charge in [0, 0.05) is 5.56 Å². The van der Waals surface area contributed by atoms with E-state index in [0.717, 1.165) is 0 Å². The molecule has 0 aliphatic rings. The lowest BCUT2D eigenvalue weighted by Crippen LogP contribution is -2.06. The van der Waals surface area contributed by atoms with E-state index in [9.17, 15) is 9.59 Å². The quantitative estimate of drug-likeness (QED) is 0.747. The van der Waals surface area contributed by atoms with E-state index in [1.54, 1.807) is 12.1 Å². The molecule has 0 amide bonds. The maximum absolute atomic E-state index is 10.9. The highest BCUT2D eigenvalue weighted by atomic mass is 16.4. The molecular formula is C11H12O3. The van der Waals surface area contributed by atoms with Crippen molar-refractivity contribution in [2.45, 2.75) is 19.8 Å². The van der Waals surface area contributed by atoms with Crippen LogP contribution in [0.1, 0.15) is 46.0 Å². The van der Waals surface area contributed by atoms with E-state index in [1.807, 2.05) is 13.8 Å². The van der Waals surface area contributed by atoms with Gasteiger partial charge in [-0.15, -0.1) is 0 Å². The molecular weight excluding hydrogens is 180 g/mol. The maximum atomic E-state index is 10.9. The number of hydrogen-bond acceptors (Lipinski definition) is 2. The zero-order valence-corrected chi connectivity index (χ0v) is 8.15. The van der Waals surface area contributed by atoms with Crippen LogP contribution < -0.4 is 0 Å². The molecule has 1 aromatic carbocycles. The molecule has 0 atom stereocenters. The number of carbonyl (C=O) groups is 2. The highest BCUT2D eigenvalue weighted by molar-refractivity contribution is 5.93. The van der Waals surface area contributed by atoms with Crippen LogP contribution in [0, 0.1) is 0 Å². The average molecular weight is 192 g/mol. The molecule has 0 unspecified atom stereocenters. The number of benzene rings is 1. The summed E-state index contributed by atoms with van der Waals surface area (Å²) in [5.41, 5.74) is 1.28. The highest BCUT2D eigenvalue weighted by Crippen LogP contribution is 2.22. The minimum Gasteiger partial charge on any atom is -0.478 e. The van der Waals surface area contributed by atoms with Gasteiger partial charge in [0.1, 0.15) is 6.29 Å². The zero-order chi connectivity index (χ0) is 10.7. The molecule has 0 fully saturated rings. The van der Waals surface area contributed by atoms with Gasteiger partial charge in [0.25, 0.3) is 0 Å². The molecule has 1 aromatic rings. The monoisotopic (exact) mass is 192 g/mol. The summed E-state index contributed by atoms with van der Waals surface area (Å²) in [4.78, 5) is 21.6. The predicted molar refractivity (Wildman–Crippen MR) is 52.9 cm³/mol. The average Bonchev–Trinajstić information content (AvgIpc) is 2.16. The summed E-state index contributed by atoms with van der Waals surface area (Å²) < 4.78 is 0. The number of carboxylic acid groups (broad SMARTS) is 1. The fraction of sp³-hybridized carbons (Fsp3) is 0.273. The summed E-state index contributed by atoms with van der Waals surface area (Å²) in [6.45, 7) is 3.74. The number of rotatable bonds is 3. The van der Waals surface area contributed by atoms with Crippen molar-refractivity contribution in [3.05, 3.63) is 34.9 Å². The second-order valence-corrected chi connectivity index (χ2v) is 3.39. The first-order chi connectivity index (χ1) is 6.57. The van der Waals surface area contributed by atoms with Crippen LogP contribution >= 0.6 is 0 Å². The first kappa shape index (κ1) is 10.4. The largest absolute Gasteiger partial charge is 0.478 e. The lowest BCUT2D eigenvalue weighted by atomic mass is 9.92. The summed E-state index contributed by atoms with van der Waals surface area (Å²) in [7, 11) is 0. The van der Waals surface area contributed by atoms with Crippen molar-refractivity contribution in [1.29, 1.82) is 0 Å². The minimum absolute atomic E-state index is 0.0301. The van der Waals surface area contributed by atoms with Crippen LogP contribution in [-0.2, 0) is 0 Å². The van der Waals surface area contributed by atoms with E-state index in [-0.39, 0.29) is 11.5 Å². The van der Waals surface area contributed by atoms with Crippen LogP contribution in [0.2, 0.25) is 0 Å². The molecule has 0 heterocycles. The Kier molecular flexibility index (Phi) is 3.02. The van der Waals surface area contributed by atoms with Gasteiger partial charge in [0.2, 0.25) is 0 Å². The van der Waals surface area contributed by atoms with Gasteiger partial charge in [-0.2, -0.15) is 0 Å². The standard InChI is InChI=1S/C11H12O3/c1-7(2)10-8(6-12)4-3-5-9(10)11(13)14/h3-7H,1-2H3,(H,13,14). The molecule has 0 saturated carbocycles. The molecule has 0 bridgehead atoms. The van der Waals surface area contributed by atoms with Crippen molar-refractivity contribution in [3.63, 3.8) is 0 Å². The zero-order valence-electron chi connectivity index (χ0n) is 8.15. The molecule has 14 heavy (non-hydrogen) atoms. The van der Waals surface area contributed by atoms with E-state index in [0.29, 0.717) is 17.4 Å². The Labute approximate surface area is 82.4 Å². The fourth-order valence-electron chi connectivity index (χ4n) is 1.52. The molecule has 0 aliphatic heterocycles. The van der Waals surface area contributed by atoms with Crippen LogP contribution in [0.4, 0.5) is 0 Å². The van der Waals surface area contributed by atoms with Crippen LogP contribution in [0.25, 0.3) is 0 Å².